The van der Waals surface area contributed by atoms with Crippen molar-refractivity contribution >= 4 is 11.6 Å². The molecule has 0 saturated heterocycles. The molecule has 1 aromatic rings. The molecule has 1 aliphatic rings. The number of carbonyl (C=O) groups is 1. The van der Waals surface area contributed by atoms with Gasteiger partial charge in [-0.3, -0.25) is 4.79 Å². The van der Waals surface area contributed by atoms with Gasteiger partial charge in [0.2, 0.25) is 5.91 Å². The van der Waals surface area contributed by atoms with Gasteiger partial charge in [-0.1, -0.05) is 0 Å². The zero-order chi connectivity index (χ0) is 13.8. The molecule has 0 unspecified atom stereocenters. The highest BCUT2D eigenvalue weighted by atomic mass is 19.1. The Hall–Kier alpha value is -1.42. The number of carbonyl (C=O) groups excluding carboxylic acids is 1. The Morgan fingerprint density at radius 3 is 2.63 bits per heavy atom. The Balaban J connectivity index is 1.92. The third kappa shape index (κ3) is 3.53. The van der Waals surface area contributed by atoms with Crippen molar-refractivity contribution in [1.82, 2.24) is 0 Å². The van der Waals surface area contributed by atoms with Crippen LogP contribution < -0.4 is 5.32 Å². The molecule has 104 valence electrons. The van der Waals surface area contributed by atoms with Crippen molar-refractivity contribution in [3.05, 3.63) is 29.6 Å². The number of anilines is 1. The number of aliphatic hydroxyl groups excluding tert-OH is 1. The molecule has 19 heavy (non-hydrogen) atoms. The van der Waals surface area contributed by atoms with E-state index in [2.05, 4.69) is 5.32 Å². The van der Waals surface area contributed by atoms with Gasteiger partial charge in [0.05, 0.1) is 0 Å². The van der Waals surface area contributed by atoms with Crippen LogP contribution in [-0.2, 0) is 4.79 Å². The molecule has 0 spiro atoms. The quantitative estimate of drug-likeness (QED) is 0.883. The molecule has 1 aromatic carbocycles. The third-order valence-corrected chi connectivity index (χ3v) is 3.90. The van der Waals surface area contributed by atoms with Crippen molar-refractivity contribution in [3.63, 3.8) is 0 Å². The number of aliphatic hydroxyl groups is 1. The fourth-order valence-corrected chi connectivity index (χ4v) is 2.57. The maximum atomic E-state index is 13.1. The molecule has 0 atom stereocenters. The van der Waals surface area contributed by atoms with Gasteiger partial charge in [-0.2, -0.15) is 0 Å². The molecule has 4 heteroatoms. The van der Waals surface area contributed by atoms with Crippen LogP contribution in [0.25, 0.3) is 0 Å². The van der Waals surface area contributed by atoms with Gasteiger partial charge in [0, 0.05) is 18.2 Å². The molecule has 2 N–H and O–H groups in total. The van der Waals surface area contributed by atoms with Crippen molar-refractivity contribution in [3.8, 4) is 0 Å². The van der Waals surface area contributed by atoms with E-state index in [4.69, 9.17) is 5.11 Å². The van der Waals surface area contributed by atoms with Gasteiger partial charge >= 0.3 is 0 Å². The molecular weight excluding hydrogens is 245 g/mol. The third-order valence-electron chi connectivity index (χ3n) is 3.90. The van der Waals surface area contributed by atoms with E-state index in [1.54, 1.807) is 19.1 Å². The SMILES string of the molecule is Cc1cc(NC(=O)C2CCC(CO)CC2)ccc1F. The van der Waals surface area contributed by atoms with Gasteiger partial charge in [-0.25, -0.2) is 4.39 Å². The number of hydrogen-bond donors (Lipinski definition) is 2. The summed E-state index contributed by atoms with van der Waals surface area (Å²) in [5, 5.41) is 11.9. The lowest BCUT2D eigenvalue weighted by Crippen LogP contribution is -2.28. The average molecular weight is 265 g/mol. The molecular formula is C15H20FNO2. The van der Waals surface area contributed by atoms with Gasteiger partial charge in [0.1, 0.15) is 5.82 Å². The first-order valence-electron chi connectivity index (χ1n) is 6.78. The van der Waals surface area contributed by atoms with E-state index in [1.807, 2.05) is 0 Å². The van der Waals surface area contributed by atoms with Gasteiger partial charge in [0.15, 0.2) is 0 Å². The first kappa shape index (κ1) is 14.0. The number of amides is 1. The molecule has 0 aliphatic heterocycles. The molecule has 1 amide bonds. The summed E-state index contributed by atoms with van der Waals surface area (Å²) in [4.78, 5) is 12.1. The molecule has 1 aliphatic carbocycles. The van der Waals surface area contributed by atoms with Crippen LogP contribution in [0, 0.1) is 24.6 Å². The van der Waals surface area contributed by atoms with E-state index in [9.17, 15) is 9.18 Å². The zero-order valence-electron chi connectivity index (χ0n) is 11.2. The summed E-state index contributed by atoms with van der Waals surface area (Å²) in [5.41, 5.74) is 1.18. The summed E-state index contributed by atoms with van der Waals surface area (Å²) in [6.07, 6.45) is 3.43. The molecule has 1 saturated carbocycles. The predicted molar refractivity (Wildman–Crippen MR) is 72.3 cm³/mol. The summed E-state index contributed by atoms with van der Waals surface area (Å²) >= 11 is 0. The summed E-state index contributed by atoms with van der Waals surface area (Å²) in [7, 11) is 0. The largest absolute Gasteiger partial charge is 0.396 e. The van der Waals surface area contributed by atoms with Gasteiger partial charge in [0.25, 0.3) is 0 Å². The minimum atomic E-state index is -0.263. The highest BCUT2D eigenvalue weighted by Gasteiger charge is 2.25. The summed E-state index contributed by atoms with van der Waals surface area (Å²) < 4.78 is 13.1. The fraction of sp³-hybridized carbons (Fsp3) is 0.533. The minimum Gasteiger partial charge on any atom is -0.396 e. The maximum Gasteiger partial charge on any atom is 0.227 e. The second-order valence-corrected chi connectivity index (χ2v) is 5.35. The number of benzene rings is 1. The van der Waals surface area contributed by atoms with E-state index < -0.39 is 0 Å². The van der Waals surface area contributed by atoms with Crippen LogP contribution in [0.4, 0.5) is 10.1 Å². The lowest BCUT2D eigenvalue weighted by molar-refractivity contribution is -0.121. The fourth-order valence-electron chi connectivity index (χ4n) is 2.57. The van der Waals surface area contributed by atoms with Crippen LogP contribution in [0.3, 0.4) is 0 Å². The zero-order valence-corrected chi connectivity index (χ0v) is 11.2. The summed E-state index contributed by atoms with van der Waals surface area (Å²) in [6, 6.07) is 4.60. The predicted octanol–water partition coefficient (Wildman–Crippen LogP) is 2.87. The lowest BCUT2D eigenvalue weighted by Gasteiger charge is -2.26. The van der Waals surface area contributed by atoms with E-state index >= 15 is 0 Å². The Labute approximate surface area is 112 Å². The van der Waals surface area contributed by atoms with E-state index in [1.165, 1.54) is 6.07 Å². The van der Waals surface area contributed by atoms with Gasteiger partial charge in [-0.15, -0.1) is 0 Å². The Bertz CT molecular complexity index is 453. The number of rotatable bonds is 3. The van der Waals surface area contributed by atoms with Crippen molar-refractivity contribution in [2.45, 2.75) is 32.6 Å². The van der Waals surface area contributed by atoms with Gasteiger partial charge < -0.3 is 10.4 Å². The molecule has 0 bridgehead atoms. The molecule has 0 heterocycles. The smallest absolute Gasteiger partial charge is 0.227 e. The first-order valence-corrected chi connectivity index (χ1v) is 6.78. The van der Waals surface area contributed by atoms with Crippen LogP contribution in [0.2, 0.25) is 0 Å². The van der Waals surface area contributed by atoms with Crippen molar-refractivity contribution in [1.29, 1.82) is 0 Å². The average Bonchev–Trinajstić information content (AvgIpc) is 2.43. The van der Waals surface area contributed by atoms with Crippen LogP contribution in [0.1, 0.15) is 31.2 Å². The topological polar surface area (TPSA) is 49.3 Å². The monoisotopic (exact) mass is 265 g/mol. The number of halogens is 1. The van der Waals surface area contributed by atoms with E-state index in [-0.39, 0.29) is 24.2 Å². The van der Waals surface area contributed by atoms with Crippen LogP contribution in [0.5, 0.6) is 0 Å². The summed E-state index contributed by atoms with van der Waals surface area (Å²) in [6.45, 7) is 1.89. The van der Waals surface area contributed by atoms with Crippen molar-refractivity contribution in [2.75, 3.05) is 11.9 Å². The molecule has 3 nitrogen and oxygen atoms in total. The highest BCUT2D eigenvalue weighted by Crippen LogP contribution is 2.29. The molecule has 2 rings (SSSR count). The Morgan fingerprint density at radius 2 is 2.05 bits per heavy atom. The van der Waals surface area contributed by atoms with Gasteiger partial charge in [-0.05, 0) is 62.3 Å². The van der Waals surface area contributed by atoms with Crippen molar-refractivity contribution in [2.24, 2.45) is 11.8 Å². The number of hydrogen-bond acceptors (Lipinski definition) is 2. The van der Waals surface area contributed by atoms with E-state index in [0.717, 1.165) is 25.7 Å². The first-order chi connectivity index (χ1) is 9.10. The second kappa shape index (κ2) is 6.15. The lowest BCUT2D eigenvalue weighted by atomic mass is 9.82. The summed E-state index contributed by atoms with van der Waals surface area (Å²) in [5.74, 6) is 0.0918. The standard InChI is InChI=1S/C15H20FNO2/c1-10-8-13(6-7-14(10)16)17-15(19)12-4-2-11(9-18)3-5-12/h6-8,11-12,18H,2-5,9H2,1H3,(H,17,19). The van der Waals surface area contributed by atoms with E-state index in [0.29, 0.717) is 17.2 Å². The Morgan fingerprint density at radius 1 is 1.37 bits per heavy atom. The maximum absolute atomic E-state index is 13.1. The minimum absolute atomic E-state index is 0.00222. The molecule has 1 fully saturated rings. The normalized spacial score (nSPS) is 23.1. The van der Waals surface area contributed by atoms with Crippen molar-refractivity contribution < 1.29 is 14.3 Å². The molecule has 0 aromatic heterocycles. The number of nitrogens with one attached hydrogen (secondary N) is 1. The van der Waals surface area contributed by atoms with Crippen LogP contribution in [-0.4, -0.2) is 17.6 Å². The molecule has 0 radical (unpaired) electrons. The highest BCUT2D eigenvalue weighted by molar-refractivity contribution is 5.92. The van der Waals surface area contributed by atoms with Crippen LogP contribution in [0.15, 0.2) is 18.2 Å². The second-order valence-electron chi connectivity index (χ2n) is 5.35. The Kier molecular flexibility index (Phi) is 4.53. The van der Waals surface area contributed by atoms with Crippen LogP contribution >= 0.6 is 0 Å². The number of aryl methyl sites for hydroxylation is 1.